The summed E-state index contributed by atoms with van der Waals surface area (Å²) >= 11 is 0. The van der Waals surface area contributed by atoms with E-state index in [0.29, 0.717) is 31.1 Å². The highest BCUT2D eigenvalue weighted by molar-refractivity contribution is 7.53. The maximum atomic E-state index is 13.4. The Labute approximate surface area is 244 Å². The topological polar surface area (TPSA) is 175 Å². The molecule has 4 rings (SSSR count). The Balaban J connectivity index is 1.51. The van der Waals surface area contributed by atoms with Gasteiger partial charge in [0.2, 0.25) is 5.78 Å². The zero-order valence-electron chi connectivity index (χ0n) is 23.7. The molecule has 2 aliphatic heterocycles. The van der Waals surface area contributed by atoms with E-state index < -0.39 is 31.3 Å². The molecule has 0 radical (unpaired) electrons. The van der Waals surface area contributed by atoms with Crippen molar-refractivity contribution in [3.05, 3.63) is 42.1 Å². The van der Waals surface area contributed by atoms with Gasteiger partial charge < -0.3 is 39.3 Å². The van der Waals surface area contributed by atoms with Crippen LogP contribution >= 0.6 is 7.60 Å². The number of anilines is 1. The first-order valence-corrected chi connectivity index (χ1v) is 15.6. The number of hydrogen-bond acceptors (Lipinski definition) is 9. The molecule has 15 heteroatoms. The Morgan fingerprint density at radius 2 is 1.76 bits per heavy atom. The van der Waals surface area contributed by atoms with Crippen molar-refractivity contribution < 1.29 is 38.2 Å². The third-order valence-electron chi connectivity index (χ3n) is 7.19. The van der Waals surface area contributed by atoms with Gasteiger partial charge in [0.15, 0.2) is 5.82 Å². The maximum absolute atomic E-state index is 13.4. The molecule has 0 aliphatic carbocycles. The van der Waals surface area contributed by atoms with Gasteiger partial charge in [0.1, 0.15) is 11.5 Å². The van der Waals surface area contributed by atoms with Crippen molar-refractivity contribution >= 4 is 31.3 Å². The minimum atomic E-state index is -5.14. The Kier molecular flexibility index (Phi) is 10.5. The molecular formula is C27H37N6O8P. The summed E-state index contributed by atoms with van der Waals surface area (Å²) in [5.41, 5.74) is 0.496. The van der Waals surface area contributed by atoms with E-state index in [1.54, 1.807) is 31.4 Å². The van der Waals surface area contributed by atoms with Gasteiger partial charge in [-0.1, -0.05) is 43.7 Å². The lowest BCUT2D eigenvalue weighted by atomic mass is 10.2. The lowest BCUT2D eigenvalue weighted by molar-refractivity contribution is -0.133. The van der Waals surface area contributed by atoms with Crippen molar-refractivity contribution in [3.63, 3.8) is 0 Å². The Morgan fingerprint density at radius 1 is 1.07 bits per heavy atom. The van der Waals surface area contributed by atoms with Crippen LogP contribution in [0.2, 0.25) is 0 Å². The van der Waals surface area contributed by atoms with Crippen molar-refractivity contribution in [2.45, 2.75) is 38.1 Å². The number of nitrogens with zero attached hydrogens (tertiary/aromatic N) is 5. The first-order valence-electron chi connectivity index (χ1n) is 13.9. The molecule has 3 N–H and O–H groups in total. The summed E-state index contributed by atoms with van der Waals surface area (Å²) in [7, 11) is -3.51. The Bertz CT molecular complexity index is 1300. The molecule has 1 aromatic carbocycles. The van der Waals surface area contributed by atoms with E-state index in [2.05, 4.69) is 15.3 Å². The van der Waals surface area contributed by atoms with E-state index in [1.807, 2.05) is 17.9 Å². The van der Waals surface area contributed by atoms with E-state index in [9.17, 15) is 28.7 Å². The smallest absolute Gasteiger partial charge is 0.409 e. The summed E-state index contributed by atoms with van der Waals surface area (Å²) in [4.78, 5) is 72.6. The Hall–Kier alpha value is -3.58. The van der Waals surface area contributed by atoms with Crippen LogP contribution in [0.4, 0.5) is 10.6 Å². The molecule has 3 heterocycles. The van der Waals surface area contributed by atoms with Gasteiger partial charge in [-0.05, 0) is 12.8 Å². The molecule has 2 aromatic rings. The van der Waals surface area contributed by atoms with E-state index in [-0.39, 0.29) is 43.8 Å². The summed E-state index contributed by atoms with van der Waals surface area (Å²) in [6.07, 6.45) is 1.87. The molecule has 42 heavy (non-hydrogen) atoms. The molecule has 2 atom stereocenters. The summed E-state index contributed by atoms with van der Waals surface area (Å²) in [6.45, 7) is 3.77. The highest BCUT2D eigenvalue weighted by atomic mass is 31.2. The number of rotatable bonds is 10. The molecule has 1 aromatic heterocycles. The first-order chi connectivity index (χ1) is 20.1. The van der Waals surface area contributed by atoms with Crippen LogP contribution in [0.3, 0.4) is 0 Å². The standard InChI is InChI=1S/C27H37N6O8P/c1-3-4-16-41-27(36)32-14-12-31(13-15-32)26(35)25(42(37,38)39)30-24(34)21-17-22(33-11-10-20(18-33)40-2)29-23(28-21)19-8-6-5-7-9-19/h5-9,17,20,25H,3-4,10-16,18H2,1-2H3,(H,30,34)(H2,37,38,39)/t20-,25?/m0/s1. The van der Waals surface area contributed by atoms with Crippen molar-refractivity contribution in [1.82, 2.24) is 25.1 Å². The molecule has 2 fully saturated rings. The molecule has 0 bridgehead atoms. The molecular weight excluding hydrogens is 567 g/mol. The number of amides is 3. The summed E-state index contributed by atoms with van der Waals surface area (Å²) < 4.78 is 23.1. The van der Waals surface area contributed by atoms with Gasteiger partial charge >= 0.3 is 13.7 Å². The second-order valence-electron chi connectivity index (χ2n) is 10.1. The number of piperazine rings is 1. The second-order valence-corrected chi connectivity index (χ2v) is 11.8. The lowest BCUT2D eigenvalue weighted by Gasteiger charge is -2.36. The zero-order chi connectivity index (χ0) is 30.3. The molecule has 1 unspecified atom stereocenters. The SMILES string of the molecule is CCCCOC(=O)N1CCN(C(=O)C(NC(=O)c2cc(N3CC[C@H](OC)C3)nc(-c3ccccc3)n2)P(=O)(O)O)CC1. The fourth-order valence-corrected chi connectivity index (χ4v) is 5.46. The number of nitrogens with one attached hydrogen (secondary N) is 1. The number of unbranched alkanes of at least 4 members (excludes halogenated alkanes) is 1. The average Bonchev–Trinajstić information content (AvgIpc) is 3.49. The molecule has 3 amide bonds. The number of hydrogen-bond donors (Lipinski definition) is 3. The van der Waals surface area contributed by atoms with E-state index in [4.69, 9.17) is 9.47 Å². The van der Waals surface area contributed by atoms with Crippen molar-refractivity contribution in [2.75, 3.05) is 57.9 Å². The van der Waals surface area contributed by atoms with Crippen LogP contribution < -0.4 is 10.2 Å². The van der Waals surface area contributed by atoms with Gasteiger partial charge in [-0.2, -0.15) is 0 Å². The number of aromatic nitrogens is 2. The zero-order valence-corrected chi connectivity index (χ0v) is 24.6. The van der Waals surface area contributed by atoms with Crippen LogP contribution in [0, 0.1) is 0 Å². The lowest BCUT2D eigenvalue weighted by Crippen LogP contribution is -2.55. The second kappa shape index (κ2) is 14.1. The fourth-order valence-electron chi connectivity index (χ4n) is 4.72. The third-order valence-corrected chi connectivity index (χ3v) is 8.21. The molecule has 228 valence electrons. The molecule has 14 nitrogen and oxygen atoms in total. The monoisotopic (exact) mass is 604 g/mol. The Morgan fingerprint density at radius 3 is 2.38 bits per heavy atom. The predicted octanol–water partition coefficient (Wildman–Crippen LogP) is 1.68. The number of benzene rings is 1. The number of ether oxygens (including phenoxy) is 2. The van der Waals surface area contributed by atoms with Crippen molar-refractivity contribution in [3.8, 4) is 11.4 Å². The van der Waals surface area contributed by atoms with E-state index in [0.717, 1.165) is 19.3 Å². The number of methoxy groups -OCH3 is 1. The van der Waals surface area contributed by atoms with Crippen LogP contribution in [-0.4, -0.2) is 112 Å². The minimum Gasteiger partial charge on any atom is -0.449 e. The summed E-state index contributed by atoms with van der Waals surface area (Å²) in [5.74, 6) is -3.31. The highest BCUT2D eigenvalue weighted by Gasteiger charge is 2.41. The van der Waals surface area contributed by atoms with Gasteiger partial charge in [-0.25, -0.2) is 14.8 Å². The van der Waals surface area contributed by atoms with Crippen molar-refractivity contribution in [1.29, 1.82) is 0 Å². The predicted molar refractivity (Wildman–Crippen MR) is 153 cm³/mol. The van der Waals surface area contributed by atoms with Crippen LogP contribution in [-0.2, 0) is 18.8 Å². The summed E-state index contributed by atoms with van der Waals surface area (Å²) in [6, 6.07) is 10.4. The minimum absolute atomic E-state index is 0.00672. The van der Waals surface area contributed by atoms with Crippen LogP contribution in [0.5, 0.6) is 0 Å². The quantitative estimate of drug-likeness (QED) is 0.266. The normalized spacial score (nSPS) is 18.1. The van der Waals surface area contributed by atoms with Crippen LogP contribution in [0.1, 0.15) is 36.7 Å². The van der Waals surface area contributed by atoms with Gasteiger partial charge in [0.05, 0.1) is 12.7 Å². The third kappa shape index (κ3) is 7.82. The number of carbonyl (C=O) groups is 3. The molecule has 2 aliphatic rings. The highest BCUT2D eigenvalue weighted by Crippen LogP contribution is 2.41. The molecule has 0 spiro atoms. The molecule has 2 saturated heterocycles. The van der Waals surface area contributed by atoms with Gasteiger partial charge in [0, 0.05) is 58.0 Å². The fraction of sp³-hybridized carbons (Fsp3) is 0.519. The van der Waals surface area contributed by atoms with E-state index >= 15 is 0 Å². The maximum Gasteiger partial charge on any atom is 0.409 e. The van der Waals surface area contributed by atoms with Crippen LogP contribution in [0.25, 0.3) is 11.4 Å². The van der Waals surface area contributed by atoms with Gasteiger partial charge in [-0.3, -0.25) is 14.2 Å². The first kappa shape index (κ1) is 31.4. The largest absolute Gasteiger partial charge is 0.449 e. The van der Waals surface area contributed by atoms with Gasteiger partial charge in [-0.15, -0.1) is 0 Å². The molecule has 0 saturated carbocycles. The van der Waals surface area contributed by atoms with E-state index in [1.165, 1.54) is 15.9 Å². The summed E-state index contributed by atoms with van der Waals surface area (Å²) in [5, 5.41) is 2.22. The average molecular weight is 605 g/mol. The van der Waals surface area contributed by atoms with Gasteiger partial charge in [0.25, 0.3) is 11.8 Å². The van der Waals surface area contributed by atoms with Crippen LogP contribution in [0.15, 0.2) is 36.4 Å². The number of carbonyl (C=O) groups excluding carboxylic acids is 3. The van der Waals surface area contributed by atoms with Crippen molar-refractivity contribution in [2.24, 2.45) is 0 Å².